The van der Waals surface area contributed by atoms with Crippen LogP contribution in [0.2, 0.25) is 0 Å². The van der Waals surface area contributed by atoms with E-state index in [0.29, 0.717) is 6.61 Å². The molecule has 0 radical (unpaired) electrons. The van der Waals surface area contributed by atoms with Gasteiger partial charge in [-0.25, -0.2) is 0 Å². The average Bonchev–Trinajstić information content (AvgIpc) is 2.28. The van der Waals surface area contributed by atoms with E-state index in [1.165, 1.54) is 11.1 Å². The molecule has 2 nitrogen and oxygen atoms in total. The second-order valence-corrected chi connectivity index (χ2v) is 3.27. The molecule has 2 heteroatoms. The topological polar surface area (TPSA) is 18.5 Å². The van der Waals surface area contributed by atoms with Crippen LogP contribution < -0.4 is 9.47 Å². The van der Waals surface area contributed by atoms with Gasteiger partial charge in [0, 0.05) is 0 Å². The van der Waals surface area contributed by atoms with Gasteiger partial charge >= 0.3 is 0 Å². The fourth-order valence-electron chi connectivity index (χ4n) is 1.36. The minimum atomic E-state index is 0.648. The van der Waals surface area contributed by atoms with Gasteiger partial charge in [0.25, 0.3) is 0 Å². The standard InChI is InChI=1S/C13H18O2/c1-5-10(3)11-7-8-12(14-4)13(9-11)15-6-2/h5,7-9H,6H2,1-4H3/b10-5-. The van der Waals surface area contributed by atoms with Crippen molar-refractivity contribution >= 4 is 5.57 Å². The van der Waals surface area contributed by atoms with Gasteiger partial charge in [-0.15, -0.1) is 0 Å². The van der Waals surface area contributed by atoms with Crippen LogP contribution in [0.5, 0.6) is 11.5 Å². The highest BCUT2D eigenvalue weighted by molar-refractivity contribution is 5.66. The number of benzene rings is 1. The van der Waals surface area contributed by atoms with E-state index in [0.717, 1.165) is 11.5 Å². The number of hydrogen-bond donors (Lipinski definition) is 0. The second kappa shape index (κ2) is 5.44. The zero-order chi connectivity index (χ0) is 11.3. The zero-order valence-corrected chi connectivity index (χ0v) is 9.83. The van der Waals surface area contributed by atoms with Gasteiger partial charge in [-0.05, 0) is 44.0 Å². The second-order valence-electron chi connectivity index (χ2n) is 3.27. The molecule has 0 heterocycles. The normalized spacial score (nSPS) is 11.3. The Hall–Kier alpha value is -1.44. The molecule has 0 saturated carbocycles. The molecule has 0 atom stereocenters. The van der Waals surface area contributed by atoms with E-state index in [1.54, 1.807) is 7.11 Å². The lowest BCUT2D eigenvalue weighted by molar-refractivity contribution is 0.311. The summed E-state index contributed by atoms with van der Waals surface area (Å²) < 4.78 is 10.7. The van der Waals surface area contributed by atoms with E-state index < -0.39 is 0 Å². The average molecular weight is 206 g/mol. The van der Waals surface area contributed by atoms with Crippen LogP contribution in [0.3, 0.4) is 0 Å². The van der Waals surface area contributed by atoms with Crippen LogP contribution >= 0.6 is 0 Å². The van der Waals surface area contributed by atoms with E-state index in [2.05, 4.69) is 13.0 Å². The Labute approximate surface area is 91.5 Å². The summed E-state index contributed by atoms with van der Waals surface area (Å²) in [6.45, 7) is 6.72. The SMILES string of the molecule is C/C=C(/C)c1ccc(OC)c(OCC)c1. The summed E-state index contributed by atoms with van der Waals surface area (Å²) in [6.07, 6.45) is 2.08. The molecule has 1 aromatic carbocycles. The molecule has 0 aliphatic rings. The predicted molar refractivity (Wildman–Crippen MR) is 63.5 cm³/mol. The molecule has 0 saturated heterocycles. The fourth-order valence-corrected chi connectivity index (χ4v) is 1.36. The fraction of sp³-hybridized carbons (Fsp3) is 0.385. The van der Waals surface area contributed by atoms with E-state index in [4.69, 9.17) is 9.47 Å². The van der Waals surface area contributed by atoms with Crippen molar-refractivity contribution in [1.29, 1.82) is 0 Å². The molecular weight excluding hydrogens is 188 g/mol. The van der Waals surface area contributed by atoms with E-state index >= 15 is 0 Å². The Kier molecular flexibility index (Phi) is 4.22. The van der Waals surface area contributed by atoms with Crippen molar-refractivity contribution in [2.75, 3.05) is 13.7 Å². The van der Waals surface area contributed by atoms with E-state index in [9.17, 15) is 0 Å². The number of methoxy groups -OCH3 is 1. The summed E-state index contributed by atoms with van der Waals surface area (Å²) in [5.74, 6) is 1.59. The minimum absolute atomic E-state index is 0.648. The summed E-state index contributed by atoms with van der Waals surface area (Å²) >= 11 is 0. The molecule has 82 valence electrons. The summed E-state index contributed by atoms with van der Waals surface area (Å²) in [4.78, 5) is 0. The molecule has 0 aromatic heterocycles. The molecule has 0 N–H and O–H groups in total. The van der Waals surface area contributed by atoms with Crippen molar-refractivity contribution in [2.45, 2.75) is 20.8 Å². The van der Waals surface area contributed by atoms with Gasteiger partial charge in [0.1, 0.15) is 0 Å². The maximum absolute atomic E-state index is 5.51. The van der Waals surface area contributed by atoms with E-state index in [-0.39, 0.29) is 0 Å². The van der Waals surface area contributed by atoms with Gasteiger partial charge in [0.2, 0.25) is 0 Å². The lowest BCUT2D eigenvalue weighted by Gasteiger charge is -2.11. The lowest BCUT2D eigenvalue weighted by atomic mass is 10.1. The first-order chi connectivity index (χ1) is 7.22. The Morgan fingerprint density at radius 3 is 2.60 bits per heavy atom. The molecule has 0 fully saturated rings. The maximum Gasteiger partial charge on any atom is 0.161 e. The van der Waals surface area contributed by atoms with E-state index in [1.807, 2.05) is 32.0 Å². The highest BCUT2D eigenvalue weighted by Crippen LogP contribution is 2.30. The van der Waals surface area contributed by atoms with Crippen molar-refractivity contribution < 1.29 is 9.47 Å². The van der Waals surface area contributed by atoms with Crippen molar-refractivity contribution in [3.63, 3.8) is 0 Å². The molecule has 1 rings (SSSR count). The third-order valence-corrected chi connectivity index (χ3v) is 2.35. The molecule has 0 aliphatic heterocycles. The van der Waals surface area contributed by atoms with Crippen molar-refractivity contribution in [1.82, 2.24) is 0 Å². The molecule has 0 spiro atoms. The van der Waals surface area contributed by atoms with Crippen molar-refractivity contribution in [2.24, 2.45) is 0 Å². The highest BCUT2D eigenvalue weighted by Gasteiger charge is 2.05. The minimum Gasteiger partial charge on any atom is -0.493 e. The van der Waals surface area contributed by atoms with Gasteiger partial charge < -0.3 is 9.47 Å². The number of hydrogen-bond acceptors (Lipinski definition) is 2. The smallest absolute Gasteiger partial charge is 0.161 e. The van der Waals surface area contributed by atoms with Crippen molar-refractivity contribution in [3.8, 4) is 11.5 Å². The largest absolute Gasteiger partial charge is 0.493 e. The molecule has 0 unspecified atom stereocenters. The van der Waals surface area contributed by atoms with Crippen LogP contribution in [0.1, 0.15) is 26.3 Å². The molecule has 0 aliphatic carbocycles. The first-order valence-corrected chi connectivity index (χ1v) is 5.17. The maximum atomic E-state index is 5.51. The lowest BCUT2D eigenvalue weighted by Crippen LogP contribution is -1.96. The predicted octanol–water partition coefficient (Wildman–Crippen LogP) is 3.52. The molecular formula is C13H18O2. The third-order valence-electron chi connectivity index (χ3n) is 2.35. The van der Waals surface area contributed by atoms with Crippen molar-refractivity contribution in [3.05, 3.63) is 29.8 Å². The Bertz CT molecular complexity index is 354. The van der Waals surface area contributed by atoms with Crippen LogP contribution in [-0.4, -0.2) is 13.7 Å². The number of rotatable bonds is 4. The third kappa shape index (κ3) is 2.75. The van der Waals surface area contributed by atoms with Gasteiger partial charge in [-0.2, -0.15) is 0 Å². The first-order valence-electron chi connectivity index (χ1n) is 5.17. The molecule has 15 heavy (non-hydrogen) atoms. The highest BCUT2D eigenvalue weighted by atomic mass is 16.5. The van der Waals surface area contributed by atoms with Gasteiger partial charge in [0.05, 0.1) is 13.7 Å². The Balaban J connectivity index is 3.09. The molecule has 0 amide bonds. The number of allylic oxidation sites excluding steroid dienone is 2. The van der Waals surface area contributed by atoms with Crippen LogP contribution in [0.25, 0.3) is 5.57 Å². The molecule has 1 aromatic rings. The quantitative estimate of drug-likeness (QED) is 0.750. The van der Waals surface area contributed by atoms with Gasteiger partial charge in [0.15, 0.2) is 11.5 Å². The summed E-state index contributed by atoms with van der Waals surface area (Å²) in [6, 6.07) is 5.99. The summed E-state index contributed by atoms with van der Waals surface area (Å²) in [5, 5.41) is 0. The van der Waals surface area contributed by atoms with Gasteiger partial charge in [-0.3, -0.25) is 0 Å². The van der Waals surface area contributed by atoms with Crippen LogP contribution in [0.15, 0.2) is 24.3 Å². The number of ether oxygens (including phenoxy) is 2. The first kappa shape index (κ1) is 11.6. The Morgan fingerprint density at radius 2 is 2.07 bits per heavy atom. The summed E-state index contributed by atoms with van der Waals surface area (Å²) in [7, 11) is 1.65. The summed E-state index contributed by atoms with van der Waals surface area (Å²) in [5.41, 5.74) is 2.40. The van der Waals surface area contributed by atoms with Crippen LogP contribution in [0, 0.1) is 0 Å². The van der Waals surface area contributed by atoms with Crippen LogP contribution in [-0.2, 0) is 0 Å². The monoisotopic (exact) mass is 206 g/mol. The van der Waals surface area contributed by atoms with Gasteiger partial charge in [-0.1, -0.05) is 12.1 Å². The van der Waals surface area contributed by atoms with Crippen LogP contribution in [0.4, 0.5) is 0 Å². The zero-order valence-electron chi connectivity index (χ0n) is 9.83. The Morgan fingerprint density at radius 1 is 1.33 bits per heavy atom. The molecule has 0 bridgehead atoms.